The van der Waals surface area contributed by atoms with Crippen molar-refractivity contribution in [2.45, 2.75) is 18.9 Å². The number of benzene rings is 2. The molecular formula is C25H27N5O2. The van der Waals surface area contributed by atoms with Gasteiger partial charge in [-0.3, -0.25) is 0 Å². The normalized spacial score (nSPS) is 16.4. The summed E-state index contributed by atoms with van der Waals surface area (Å²) in [6, 6.07) is 20.4. The van der Waals surface area contributed by atoms with Gasteiger partial charge in [-0.05, 0) is 62.8 Å². The number of fused-ring (bicyclic) bond motifs is 1. The van der Waals surface area contributed by atoms with E-state index < -0.39 is 0 Å². The third-order valence-corrected chi connectivity index (χ3v) is 5.99. The van der Waals surface area contributed by atoms with Gasteiger partial charge in [0.15, 0.2) is 0 Å². The number of hydrogen-bond donors (Lipinski definition) is 1. The van der Waals surface area contributed by atoms with Crippen LogP contribution in [0.15, 0.2) is 66.9 Å². The topological polar surface area (TPSA) is 63.9 Å². The van der Waals surface area contributed by atoms with E-state index in [0.717, 1.165) is 40.5 Å². The van der Waals surface area contributed by atoms with E-state index in [1.165, 1.54) is 12.8 Å². The van der Waals surface area contributed by atoms with Crippen LogP contribution in [0.2, 0.25) is 0 Å². The third-order valence-electron chi connectivity index (χ3n) is 5.99. The molecule has 0 spiro atoms. The lowest BCUT2D eigenvalue weighted by Gasteiger charge is -2.19. The molecule has 7 heteroatoms. The molecule has 164 valence electrons. The fraction of sp³-hybridized carbons (Fsp3) is 0.280. The molecular weight excluding hydrogens is 402 g/mol. The summed E-state index contributed by atoms with van der Waals surface area (Å²) < 4.78 is 13.5. The summed E-state index contributed by atoms with van der Waals surface area (Å²) in [4.78, 5) is 6.84. The van der Waals surface area contributed by atoms with Gasteiger partial charge >= 0.3 is 0 Å². The first-order valence-corrected chi connectivity index (χ1v) is 10.9. The lowest BCUT2D eigenvalue weighted by atomic mass is 10.1. The van der Waals surface area contributed by atoms with Crippen LogP contribution in [0.1, 0.15) is 12.8 Å². The maximum atomic E-state index is 6.06. The molecule has 1 fully saturated rings. The van der Waals surface area contributed by atoms with E-state index in [0.29, 0.717) is 18.6 Å². The van der Waals surface area contributed by atoms with Crippen LogP contribution in [-0.4, -0.2) is 52.8 Å². The maximum absolute atomic E-state index is 6.06. The van der Waals surface area contributed by atoms with Gasteiger partial charge in [0.25, 0.3) is 0 Å². The Bertz CT molecular complexity index is 1220. The van der Waals surface area contributed by atoms with Crippen molar-refractivity contribution >= 4 is 17.2 Å². The molecule has 1 aliphatic heterocycles. The molecule has 2 aromatic carbocycles. The first-order chi connectivity index (χ1) is 15.7. The summed E-state index contributed by atoms with van der Waals surface area (Å²) in [6.07, 6.45) is 4.24. The number of likely N-dealkylation sites (N-methyl/N-ethyl adjacent to an activating group) is 1. The van der Waals surface area contributed by atoms with E-state index in [1.807, 2.05) is 71.4 Å². The number of para-hydroxylation sites is 1. The SMILES string of the molecule is COc1ccccc1-c1ccc2cnc(Nc3cccc(OCC4CCCN4C)c3)nn12. The number of nitrogens with zero attached hydrogens (tertiary/aromatic N) is 4. The fourth-order valence-electron chi connectivity index (χ4n) is 4.19. The van der Waals surface area contributed by atoms with Crippen LogP contribution in [0, 0.1) is 0 Å². The minimum atomic E-state index is 0.486. The highest BCUT2D eigenvalue weighted by molar-refractivity contribution is 5.72. The predicted octanol–water partition coefficient (Wildman–Crippen LogP) is 4.62. The summed E-state index contributed by atoms with van der Waals surface area (Å²) in [5.74, 6) is 2.16. The molecule has 1 aliphatic rings. The molecule has 4 aromatic rings. The zero-order valence-electron chi connectivity index (χ0n) is 18.4. The van der Waals surface area contributed by atoms with Gasteiger partial charge in [-0.15, -0.1) is 5.10 Å². The standard InChI is InChI=1S/C25H27N5O2/c1-29-14-6-8-20(29)17-32-21-9-5-7-18(15-21)27-25-26-16-19-12-13-23(30(19)28-25)22-10-3-4-11-24(22)31-2/h3-5,7,9-13,15-16,20H,6,8,14,17H2,1-2H3,(H,27,28). The average Bonchev–Trinajstić information content (AvgIpc) is 3.43. The summed E-state index contributed by atoms with van der Waals surface area (Å²) in [6.45, 7) is 1.85. The van der Waals surface area contributed by atoms with Gasteiger partial charge in [0.05, 0.1) is 24.5 Å². The van der Waals surface area contributed by atoms with Crippen LogP contribution < -0.4 is 14.8 Å². The number of rotatable bonds is 7. The van der Waals surface area contributed by atoms with E-state index in [4.69, 9.17) is 14.6 Å². The number of nitrogens with one attached hydrogen (secondary N) is 1. The molecule has 0 saturated carbocycles. The highest BCUT2D eigenvalue weighted by atomic mass is 16.5. The zero-order valence-corrected chi connectivity index (χ0v) is 18.4. The van der Waals surface area contributed by atoms with E-state index in [-0.39, 0.29) is 0 Å². The van der Waals surface area contributed by atoms with Gasteiger partial charge in [-0.2, -0.15) is 0 Å². The lowest BCUT2D eigenvalue weighted by molar-refractivity contribution is 0.198. The van der Waals surface area contributed by atoms with Crippen LogP contribution in [-0.2, 0) is 0 Å². The Morgan fingerprint density at radius 2 is 2.00 bits per heavy atom. The molecule has 0 amide bonds. The minimum Gasteiger partial charge on any atom is -0.496 e. The van der Waals surface area contributed by atoms with Gasteiger partial charge in [-0.1, -0.05) is 18.2 Å². The Hall–Kier alpha value is -3.58. The summed E-state index contributed by atoms with van der Waals surface area (Å²) in [7, 11) is 3.84. The molecule has 1 N–H and O–H groups in total. The second-order valence-electron chi connectivity index (χ2n) is 8.08. The zero-order chi connectivity index (χ0) is 21.9. The first kappa shape index (κ1) is 20.3. The Morgan fingerprint density at radius 3 is 2.84 bits per heavy atom. The molecule has 1 saturated heterocycles. The molecule has 0 radical (unpaired) electrons. The number of ether oxygens (including phenoxy) is 2. The number of likely N-dealkylation sites (tertiary alicyclic amines) is 1. The molecule has 0 aliphatic carbocycles. The van der Waals surface area contributed by atoms with E-state index >= 15 is 0 Å². The molecule has 5 rings (SSSR count). The number of hydrogen-bond acceptors (Lipinski definition) is 6. The van der Waals surface area contributed by atoms with Crippen molar-refractivity contribution in [3.05, 3.63) is 66.9 Å². The van der Waals surface area contributed by atoms with Crippen LogP contribution in [0.4, 0.5) is 11.6 Å². The van der Waals surface area contributed by atoms with Crippen molar-refractivity contribution in [2.24, 2.45) is 0 Å². The molecule has 0 bridgehead atoms. The van der Waals surface area contributed by atoms with Crippen LogP contribution in [0.25, 0.3) is 16.8 Å². The van der Waals surface area contributed by atoms with Gasteiger partial charge in [0, 0.05) is 23.4 Å². The van der Waals surface area contributed by atoms with Crippen molar-refractivity contribution in [1.29, 1.82) is 0 Å². The number of anilines is 2. The Balaban J connectivity index is 1.36. The van der Waals surface area contributed by atoms with Crippen molar-refractivity contribution in [1.82, 2.24) is 19.5 Å². The maximum Gasteiger partial charge on any atom is 0.245 e. The monoisotopic (exact) mass is 429 g/mol. The van der Waals surface area contributed by atoms with Gasteiger partial charge in [0.1, 0.15) is 18.1 Å². The Labute approximate surface area is 187 Å². The predicted molar refractivity (Wildman–Crippen MR) is 126 cm³/mol. The molecule has 7 nitrogen and oxygen atoms in total. The lowest BCUT2D eigenvalue weighted by Crippen LogP contribution is -2.30. The third kappa shape index (κ3) is 4.11. The van der Waals surface area contributed by atoms with Gasteiger partial charge < -0.3 is 19.7 Å². The summed E-state index contributed by atoms with van der Waals surface area (Å²) in [5, 5.41) is 8.03. The van der Waals surface area contributed by atoms with Crippen LogP contribution in [0.3, 0.4) is 0 Å². The minimum absolute atomic E-state index is 0.486. The highest BCUT2D eigenvalue weighted by Gasteiger charge is 2.21. The smallest absolute Gasteiger partial charge is 0.245 e. The highest BCUT2D eigenvalue weighted by Crippen LogP contribution is 2.31. The van der Waals surface area contributed by atoms with E-state index in [2.05, 4.69) is 22.2 Å². The van der Waals surface area contributed by atoms with Crippen molar-refractivity contribution in [3.8, 4) is 22.8 Å². The average molecular weight is 430 g/mol. The summed E-state index contributed by atoms with van der Waals surface area (Å²) in [5.41, 5.74) is 3.72. The van der Waals surface area contributed by atoms with E-state index in [1.54, 1.807) is 7.11 Å². The molecule has 2 aromatic heterocycles. The first-order valence-electron chi connectivity index (χ1n) is 10.9. The second kappa shape index (κ2) is 8.88. The van der Waals surface area contributed by atoms with Crippen molar-refractivity contribution in [2.75, 3.05) is 32.6 Å². The summed E-state index contributed by atoms with van der Waals surface area (Å²) >= 11 is 0. The largest absolute Gasteiger partial charge is 0.496 e. The van der Waals surface area contributed by atoms with Crippen molar-refractivity contribution < 1.29 is 9.47 Å². The van der Waals surface area contributed by atoms with Crippen LogP contribution >= 0.6 is 0 Å². The Morgan fingerprint density at radius 1 is 1.09 bits per heavy atom. The quantitative estimate of drug-likeness (QED) is 0.462. The molecule has 32 heavy (non-hydrogen) atoms. The van der Waals surface area contributed by atoms with Crippen LogP contribution in [0.5, 0.6) is 11.5 Å². The van der Waals surface area contributed by atoms with Gasteiger partial charge in [0.2, 0.25) is 5.95 Å². The number of aromatic nitrogens is 3. The van der Waals surface area contributed by atoms with E-state index in [9.17, 15) is 0 Å². The fourth-order valence-corrected chi connectivity index (χ4v) is 4.19. The Kier molecular flexibility index (Phi) is 5.64. The molecule has 1 atom stereocenters. The van der Waals surface area contributed by atoms with Gasteiger partial charge in [-0.25, -0.2) is 9.50 Å². The van der Waals surface area contributed by atoms with Crippen molar-refractivity contribution in [3.63, 3.8) is 0 Å². The molecule has 3 heterocycles. The second-order valence-corrected chi connectivity index (χ2v) is 8.08. The number of methoxy groups -OCH3 is 1. The molecule has 1 unspecified atom stereocenters.